The number of esters is 1. The quantitative estimate of drug-likeness (QED) is 0.174. The molecule has 0 spiro atoms. The predicted molar refractivity (Wildman–Crippen MR) is 171 cm³/mol. The lowest BCUT2D eigenvalue weighted by atomic mass is 10.0. The van der Waals surface area contributed by atoms with E-state index in [0.717, 1.165) is 17.7 Å². The van der Waals surface area contributed by atoms with E-state index in [-0.39, 0.29) is 42.1 Å². The summed E-state index contributed by atoms with van der Waals surface area (Å²) in [6, 6.07) is 23.2. The van der Waals surface area contributed by atoms with Gasteiger partial charge in [-0.05, 0) is 68.1 Å². The summed E-state index contributed by atoms with van der Waals surface area (Å²) in [5, 5.41) is 2.73. The van der Waals surface area contributed by atoms with Crippen molar-refractivity contribution < 1.29 is 27.8 Å². The molecule has 0 aliphatic carbocycles. The number of pyridine rings is 1. The minimum absolute atomic E-state index is 0.0279. The Kier molecular flexibility index (Phi) is 9.88. The topological polar surface area (TPSA) is 89.9 Å². The van der Waals surface area contributed by atoms with E-state index in [1.807, 2.05) is 42.3 Å². The van der Waals surface area contributed by atoms with E-state index < -0.39 is 23.0 Å². The SMILES string of the molecule is CCOC(=O)c1cn(Cc2c(F)cccc2F)c2ccc(Oc3ccc(C(=O)NC)cc3)c(CN(C)Cc3ccccc3)c2c1=O. The number of halogens is 2. The van der Waals surface area contributed by atoms with Gasteiger partial charge < -0.3 is 19.4 Å². The first-order valence-corrected chi connectivity index (χ1v) is 14.7. The van der Waals surface area contributed by atoms with Crippen molar-refractivity contribution in [3.63, 3.8) is 0 Å². The standard InChI is InChI=1S/C36H33F2N3O5/c1-4-45-36(44)28-22-41(21-26-29(37)11-8-12-30(26)38)31-17-18-32(46-25-15-13-24(14-16-25)35(43)39-2)27(33(31)34(28)42)20-40(3)19-23-9-6-5-7-10-23/h5-18,22H,4,19-21H2,1-3H3,(H,39,43). The smallest absolute Gasteiger partial charge is 0.343 e. The molecule has 0 radical (unpaired) electrons. The van der Waals surface area contributed by atoms with Gasteiger partial charge in [-0.2, -0.15) is 0 Å². The zero-order valence-corrected chi connectivity index (χ0v) is 25.7. The molecule has 0 atom stereocenters. The molecule has 0 saturated heterocycles. The first-order valence-electron chi connectivity index (χ1n) is 14.7. The van der Waals surface area contributed by atoms with E-state index in [1.165, 1.54) is 23.9 Å². The van der Waals surface area contributed by atoms with Crippen LogP contribution in [0.5, 0.6) is 11.5 Å². The largest absolute Gasteiger partial charge is 0.462 e. The van der Waals surface area contributed by atoms with Crippen LogP contribution >= 0.6 is 0 Å². The molecule has 4 aromatic carbocycles. The second-order valence-electron chi connectivity index (χ2n) is 10.7. The summed E-state index contributed by atoms with van der Waals surface area (Å²) in [5.41, 5.74) is 1.21. The molecule has 236 valence electrons. The Morgan fingerprint density at radius 3 is 2.22 bits per heavy atom. The van der Waals surface area contributed by atoms with Crippen molar-refractivity contribution in [1.29, 1.82) is 0 Å². The van der Waals surface area contributed by atoms with E-state index in [2.05, 4.69) is 5.32 Å². The van der Waals surface area contributed by atoms with Crippen molar-refractivity contribution in [3.05, 3.63) is 141 Å². The van der Waals surface area contributed by atoms with Gasteiger partial charge in [-0.25, -0.2) is 13.6 Å². The third-order valence-corrected chi connectivity index (χ3v) is 7.49. The number of hydrogen-bond donors (Lipinski definition) is 1. The monoisotopic (exact) mass is 625 g/mol. The number of rotatable bonds is 11. The van der Waals surface area contributed by atoms with Crippen molar-refractivity contribution >= 4 is 22.8 Å². The summed E-state index contributed by atoms with van der Waals surface area (Å²) in [7, 11) is 3.42. The van der Waals surface area contributed by atoms with Gasteiger partial charge in [0.1, 0.15) is 28.7 Å². The fourth-order valence-corrected chi connectivity index (χ4v) is 5.29. The number of amides is 1. The van der Waals surface area contributed by atoms with Gasteiger partial charge in [-0.1, -0.05) is 36.4 Å². The van der Waals surface area contributed by atoms with Crippen LogP contribution in [0.3, 0.4) is 0 Å². The number of fused-ring (bicyclic) bond motifs is 1. The molecule has 0 bridgehead atoms. The van der Waals surface area contributed by atoms with Gasteiger partial charge in [0.05, 0.1) is 24.1 Å². The molecular weight excluding hydrogens is 592 g/mol. The second-order valence-corrected chi connectivity index (χ2v) is 10.7. The zero-order chi connectivity index (χ0) is 32.8. The molecule has 46 heavy (non-hydrogen) atoms. The average Bonchev–Trinajstić information content (AvgIpc) is 3.05. The number of aromatic nitrogens is 1. The van der Waals surface area contributed by atoms with E-state index in [1.54, 1.807) is 43.3 Å². The maximum absolute atomic E-state index is 14.8. The molecule has 1 N–H and O–H groups in total. The Labute approximate surface area is 264 Å². The van der Waals surface area contributed by atoms with Gasteiger partial charge in [-0.3, -0.25) is 14.5 Å². The van der Waals surface area contributed by atoms with Crippen LogP contribution in [-0.4, -0.2) is 42.0 Å². The Morgan fingerprint density at radius 1 is 0.870 bits per heavy atom. The molecule has 0 aliphatic rings. The number of carbonyl (C=O) groups excluding carboxylic acids is 2. The molecule has 1 aromatic heterocycles. The molecule has 8 nitrogen and oxygen atoms in total. The van der Waals surface area contributed by atoms with E-state index in [0.29, 0.717) is 34.7 Å². The Balaban J connectivity index is 1.70. The Bertz CT molecular complexity index is 1920. The zero-order valence-electron chi connectivity index (χ0n) is 25.7. The Morgan fingerprint density at radius 2 is 1.57 bits per heavy atom. The normalized spacial score (nSPS) is 11.1. The van der Waals surface area contributed by atoms with Gasteiger partial charge >= 0.3 is 5.97 Å². The summed E-state index contributed by atoms with van der Waals surface area (Å²) >= 11 is 0. The molecule has 5 rings (SSSR count). The third-order valence-electron chi connectivity index (χ3n) is 7.49. The Hall–Kier alpha value is -5.35. The first kappa shape index (κ1) is 32.1. The molecule has 0 fully saturated rings. The highest BCUT2D eigenvalue weighted by atomic mass is 19.1. The summed E-state index contributed by atoms with van der Waals surface area (Å²) in [5.74, 6) is -1.87. The van der Waals surface area contributed by atoms with Crippen LogP contribution in [-0.2, 0) is 24.4 Å². The molecule has 1 amide bonds. The van der Waals surface area contributed by atoms with Crippen LogP contribution < -0.4 is 15.5 Å². The maximum Gasteiger partial charge on any atom is 0.343 e. The minimum atomic E-state index is -0.850. The van der Waals surface area contributed by atoms with Crippen molar-refractivity contribution in [2.75, 3.05) is 20.7 Å². The number of carbonyl (C=O) groups is 2. The number of benzene rings is 4. The van der Waals surface area contributed by atoms with E-state index in [4.69, 9.17) is 9.47 Å². The fourth-order valence-electron chi connectivity index (χ4n) is 5.29. The molecule has 0 aliphatic heterocycles. The predicted octanol–water partition coefficient (Wildman–Crippen LogP) is 6.29. The highest BCUT2D eigenvalue weighted by molar-refractivity contribution is 5.96. The van der Waals surface area contributed by atoms with Gasteiger partial charge in [-0.15, -0.1) is 0 Å². The highest BCUT2D eigenvalue weighted by Crippen LogP contribution is 2.33. The van der Waals surface area contributed by atoms with Crippen LogP contribution in [0.1, 0.15) is 44.3 Å². The lowest BCUT2D eigenvalue weighted by Gasteiger charge is -2.22. The minimum Gasteiger partial charge on any atom is -0.462 e. The van der Waals surface area contributed by atoms with Crippen LogP contribution in [0.2, 0.25) is 0 Å². The molecule has 0 saturated carbocycles. The van der Waals surface area contributed by atoms with Crippen molar-refractivity contribution in [2.24, 2.45) is 0 Å². The van der Waals surface area contributed by atoms with Crippen molar-refractivity contribution in [1.82, 2.24) is 14.8 Å². The number of ether oxygens (including phenoxy) is 2. The maximum atomic E-state index is 14.8. The first-order chi connectivity index (χ1) is 22.2. The molecule has 5 aromatic rings. The van der Waals surface area contributed by atoms with Crippen LogP contribution in [0.25, 0.3) is 10.9 Å². The summed E-state index contributed by atoms with van der Waals surface area (Å²) in [6.45, 7) is 2.11. The summed E-state index contributed by atoms with van der Waals surface area (Å²) < 4.78 is 42.6. The number of nitrogens with zero attached hydrogens (tertiary/aromatic N) is 2. The van der Waals surface area contributed by atoms with Crippen LogP contribution in [0, 0.1) is 11.6 Å². The fraction of sp³-hybridized carbons (Fsp3) is 0.194. The van der Waals surface area contributed by atoms with Gasteiger partial charge in [0.2, 0.25) is 5.43 Å². The molecular formula is C36H33F2N3O5. The molecule has 0 unspecified atom stereocenters. The molecule has 10 heteroatoms. The van der Waals surface area contributed by atoms with Gasteiger partial charge in [0.15, 0.2) is 0 Å². The van der Waals surface area contributed by atoms with Crippen molar-refractivity contribution in [3.8, 4) is 11.5 Å². The van der Waals surface area contributed by atoms with E-state index >= 15 is 0 Å². The lowest BCUT2D eigenvalue weighted by molar-refractivity contribution is 0.0524. The van der Waals surface area contributed by atoms with Gasteiger partial charge in [0, 0.05) is 43.0 Å². The van der Waals surface area contributed by atoms with Crippen LogP contribution in [0.4, 0.5) is 8.78 Å². The van der Waals surface area contributed by atoms with Gasteiger partial charge in [0.25, 0.3) is 5.91 Å². The van der Waals surface area contributed by atoms with Crippen LogP contribution in [0.15, 0.2) is 95.9 Å². The second kappa shape index (κ2) is 14.2. The van der Waals surface area contributed by atoms with E-state index in [9.17, 15) is 23.2 Å². The highest BCUT2D eigenvalue weighted by Gasteiger charge is 2.23. The average molecular weight is 626 g/mol. The lowest BCUT2D eigenvalue weighted by Crippen LogP contribution is -2.24. The summed E-state index contributed by atoms with van der Waals surface area (Å²) in [6.07, 6.45) is 1.28. The van der Waals surface area contributed by atoms with Crippen molar-refractivity contribution in [2.45, 2.75) is 26.6 Å². The third kappa shape index (κ3) is 6.97. The number of nitrogens with one attached hydrogen (secondary N) is 1. The molecule has 1 heterocycles. The summed E-state index contributed by atoms with van der Waals surface area (Å²) in [4.78, 5) is 41.2. The number of hydrogen-bond acceptors (Lipinski definition) is 6.